The third-order valence-corrected chi connectivity index (χ3v) is 5.23. The number of rotatable bonds is 4. The van der Waals surface area contributed by atoms with Gasteiger partial charge in [0, 0.05) is 55.7 Å². The number of morpholine rings is 1. The lowest BCUT2D eigenvalue weighted by molar-refractivity contribution is -0.102. The maximum atomic E-state index is 15.4. The molecule has 9 heteroatoms. The van der Waals surface area contributed by atoms with Crippen LogP contribution in [0.25, 0.3) is 11.3 Å². The fourth-order valence-electron chi connectivity index (χ4n) is 3.58. The van der Waals surface area contributed by atoms with E-state index < -0.39 is 11.8 Å². The minimum absolute atomic E-state index is 0.0392. The van der Waals surface area contributed by atoms with Gasteiger partial charge < -0.3 is 20.1 Å². The van der Waals surface area contributed by atoms with Crippen molar-refractivity contribution in [3.63, 3.8) is 0 Å². The van der Waals surface area contributed by atoms with Crippen molar-refractivity contribution in [1.82, 2.24) is 15.0 Å². The maximum absolute atomic E-state index is 15.4. The number of anilines is 2. The standard InChI is InChI=1S/C19H23F2N5O2/c20-19(21,14-1-5-27-6-2-14)15-9-16(13-11-23-18(22)24-12-13)25-17(10-15)26-3-7-28-8-4-26/h9-12,14H,1-8H2,(H2,22,23,24). The SMILES string of the molecule is Nc1ncc(-c2cc(C(F)(F)C3CCOCC3)cc(N3CCOCC3)n2)cn1. The molecule has 0 bridgehead atoms. The molecule has 2 N–H and O–H groups in total. The molecule has 2 aliphatic rings. The summed E-state index contributed by atoms with van der Waals surface area (Å²) in [6.45, 7) is 3.03. The summed E-state index contributed by atoms with van der Waals surface area (Å²) in [7, 11) is 0. The van der Waals surface area contributed by atoms with E-state index in [4.69, 9.17) is 15.2 Å². The number of aromatic nitrogens is 3. The van der Waals surface area contributed by atoms with Gasteiger partial charge in [-0.3, -0.25) is 0 Å². The van der Waals surface area contributed by atoms with Crippen LogP contribution in [0.15, 0.2) is 24.5 Å². The van der Waals surface area contributed by atoms with E-state index in [0.717, 1.165) is 0 Å². The predicted molar refractivity (Wildman–Crippen MR) is 100 cm³/mol. The zero-order valence-corrected chi connectivity index (χ0v) is 15.5. The number of nitrogen functional groups attached to an aromatic ring is 1. The molecule has 0 spiro atoms. The molecule has 0 radical (unpaired) electrons. The Bertz CT molecular complexity index is 806. The number of alkyl halides is 2. The lowest BCUT2D eigenvalue weighted by Crippen LogP contribution is -2.37. The molecule has 0 unspecified atom stereocenters. The molecule has 4 rings (SSSR count). The fourth-order valence-corrected chi connectivity index (χ4v) is 3.58. The normalized spacial score (nSPS) is 19.0. The van der Waals surface area contributed by atoms with Crippen molar-refractivity contribution in [2.75, 3.05) is 50.2 Å². The molecule has 4 heterocycles. The highest BCUT2D eigenvalue weighted by Gasteiger charge is 2.42. The van der Waals surface area contributed by atoms with E-state index in [2.05, 4.69) is 15.0 Å². The van der Waals surface area contributed by atoms with Gasteiger partial charge in [-0.05, 0) is 25.0 Å². The highest BCUT2D eigenvalue weighted by molar-refractivity contribution is 5.62. The minimum Gasteiger partial charge on any atom is -0.381 e. The summed E-state index contributed by atoms with van der Waals surface area (Å²) in [5.74, 6) is -3.09. The van der Waals surface area contributed by atoms with Crippen LogP contribution in [0.4, 0.5) is 20.5 Å². The first-order chi connectivity index (χ1) is 13.5. The van der Waals surface area contributed by atoms with E-state index in [-0.39, 0.29) is 11.5 Å². The molecular weight excluding hydrogens is 368 g/mol. The van der Waals surface area contributed by atoms with Crippen molar-refractivity contribution in [3.05, 3.63) is 30.1 Å². The van der Waals surface area contributed by atoms with Gasteiger partial charge in [-0.25, -0.2) is 23.7 Å². The first-order valence-corrected chi connectivity index (χ1v) is 9.43. The number of hydrogen-bond donors (Lipinski definition) is 1. The molecule has 150 valence electrons. The third-order valence-electron chi connectivity index (χ3n) is 5.23. The fraction of sp³-hybridized carbons (Fsp3) is 0.526. The number of hydrogen-bond acceptors (Lipinski definition) is 7. The Kier molecular flexibility index (Phi) is 5.36. The number of nitrogens with zero attached hydrogens (tertiary/aromatic N) is 4. The Morgan fingerprint density at radius 1 is 1.00 bits per heavy atom. The lowest BCUT2D eigenvalue weighted by Gasteiger charge is -2.32. The van der Waals surface area contributed by atoms with Crippen molar-refractivity contribution in [2.24, 2.45) is 5.92 Å². The van der Waals surface area contributed by atoms with Gasteiger partial charge in [0.2, 0.25) is 5.95 Å². The Hall–Kier alpha value is -2.39. The summed E-state index contributed by atoms with van der Waals surface area (Å²) in [5.41, 5.74) is 6.47. The molecule has 7 nitrogen and oxygen atoms in total. The van der Waals surface area contributed by atoms with Crippen LogP contribution in [0.1, 0.15) is 18.4 Å². The van der Waals surface area contributed by atoms with Gasteiger partial charge in [0.1, 0.15) is 5.82 Å². The minimum atomic E-state index is -2.98. The smallest absolute Gasteiger partial charge is 0.276 e. The van der Waals surface area contributed by atoms with Crippen LogP contribution >= 0.6 is 0 Å². The average Bonchev–Trinajstić information content (AvgIpc) is 2.75. The van der Waals surface area contributed by atoms with Gasteiger partial charge in [0.05, 0.1) is 18.9 Å². The van der Waals surface area contributed by atoms with Gasteiger partial charge in [-0.2, -0.15) is 0 Å². The van der Waals surface area contributed by atoms with Gasteiger partial charge in [0.25, 0.3) is 5.92 Å². The van der Waals surface area contributed by atoms with E-state index >= 15 is 8.78 Å². The molecule has 0 aromatic carbocycles. The van der Waals surface area contributed by atoms with E-state index in [1.54, 1.807) is 0 Å². The van der Waals surface area contributed by atoms with Gasteiger partial charge in [0.15, 0.2) is 0 Å². The van der Waals surface area contributed by atoms with Crippen LogP contribution in [-0.2, 0) is 15.4 Å². The van der Waals surface area contributed by atoms with E-state index in [9.17, 15) is 0 Å². The van der Waals surface area contributed by atoms with Crippen molar-refractivity contribution in [3.8, 4) is 11.3 Å². The van der Waals surface area contributed by atoms with Crippen molar-refractivity contribution >= 4 is 11.8 Å². The third kappa shape index (κ3) is 3.90. The summed E-state index contributed by atoms with van der Waals surface area (Å²) >= 11 is 0. The topological polar surface area (TPSA) is 86.4 Å². The Labute approximate surface area is 161 Å². The van der Waals surface area contributed by atoms with Gasteiger partial charge in [-0.15, -0.1) is 0 Å². The van der Waals surface area contributed by atoms with Crippen LogP contribution in [0.3, 0.4) is 0 Å². The molecule has 2 fully saturated rings. The highest BCUT2D eigenvalue weighted by Crippen LogP contribution is 2.43. The Balaban J connectivity index is 1.75. The van der Waals surface area contributed by atoms with Gasteiger partial charge in [-0.1, -0.05) is 0 Å². The maximum Gasteiger partial charge on any atom is 0.276 e. The number of pyridine rings is 1. The molecule has 0 saturated carbocycles. The molecule has 0 amide bonds. The lowest BCUT2D eigenvalue weighted by atomic mass is 9.88. The van der Waals surface area contributed by atoms with Crippen LogP contribution in [0.2, 0.25) is 0 Å². The quantitative estimate of drug-likeness (QED) is 0.857. The molecule has 2 aromatic rings. The first kappa shape index (κ1) is 18.9. The second-order valence-corrected chi connectivity index (χ2v) is 7.04. The highest BCUT2D eigenvalue weighted by atomic mass is 19.3. The monoisotopic (exact) mass is 391 g/mol. The largest absolute Gasteiger partial charge is 0.381 e. The van der Waals surface area contributed by atoms with E-state index in [1.807, 2.05) is 4.90 Å². The van der Waals surface area contributed by atoms with Crippen LogP contribution in [0.5, 0.6) is 0 Å². The summed E-state index contributed by atoms with van der Waals surface area (Å²) in [6.07, 6.45) is 3.68. The summed E-state index contributed by atoms with van der Waals surface area (Å²) in [4.78, 5) is 14.5. The second kappa shape index (κ2) is 7.92. The van der Waals surface area contributed by atoms with Crippen molar-refractivity contribution < 1.29 is 18.3 Å². The van der Waals surface area contributed by atoms with Crippen LogP contribution in [-0.4, -0.2) is 54.5 Å². The average molecular weight is 391 g/mol. The van der Waals surface area contributed by atoms with E-state index in [0.29, 0.717) is 69.4 Å². The van der Waals surface area contributed by atoms with Crippen LogP contribution < -0.4 is 10.6 Å². The van der Waals surface area contributed by atoms with Crippen molar-refractivity contribution in [1.29, 1.82) is 0 Å². The molecular formula is C19H23F2N5O2. The van der Waals surface area contributed by atoms with Crippen LogP contribution in [0, 0.1) is 5.92 Å². The number of nitrogens with two attached hydrogens (primary N) is 1. The number of halogens is 2. The molecule has 2 aliphatic heterocycles. The zero-order valence-electron chi connectivity index (χ0n) is 15.5. The van der Waals surface area contributed by atoms with Gasteiger partial charge >= 0.3 is 0 Å². The summed E-state index contributed by atoms with van der Waals surface area (Å²) < 4.78 is 41.4. The molecule has 28 heavy (non-hydrogen) atoms. The Morgan fingerprint density at radius 2 is 1.64 bits per heavy atom. The summed E-state index contributed by atoms with van der Waals surface area (Å²) in [6, 6.07) is 2.94. The second-order valence-electron chi connectivity index (χ2n) is 7.04. The van der Waals surface area contributed by atoms with E-state index in [1.165, 1.54) is 24.5 Å². The molecule has 2 saturated heterocycles. The molecule has 0 atom stereocenters. The number of ether oxygens (including phenoxy) is 2. The Morgan fingerprint density at radius 3 is 2.32 bits per heavy atom. The van der Waals surface area contributed by atoms with Crippen molar-refractivity contribution in [2.45, 2.75) is 18.8 Å². The summed E-state index contributed by atoms with van der Waals surface area (Å²) in [5, 5.41) is 0. The first-order valence-electron chi connectivity index (χ1n) is 9.43. The predicted octanol–water partition coefficient (Wildman–Crippen LogP) is 2.48. The zero-order chi connectivity index (χ0) is 19.6. The molecule has 2 aromatic heterocycles. The molecule has 0 aliphatic carbocycles.